The van der Waals surface area contributed by atoms with Gasteiger partial charge in [0.25, 0.3) is 0 Å². The zero-order valence-corrected chi connectivity index (χ0v) is 20.7. The summed E-state index contributed by atoms with van der Waals surface area (Å²) in [6.07, 6.45) is 0.733. The molecule has 0 aliphatic rings. The van der Waals surface area contributed by atoms with E-state index in [2.05, 4.69) is 10.4 Å². The fraction of sp³-hybridized carbons (Fsp3) is 0.259. The summed E-state index contributed by atoms with van der Waals surface area (Å²) in [7, 11) is 0. The normalized spacial score (nSPS) is 11.5. The molecular weight excluding hydrogens is 434 g/mol. The van der Waals surface area contributed by atoms with E-state index in [1.165, 1.54) is 11.1 Å². The molecule has 0 unspecified atom stereocenters. The lowest BCUT2D eigenvalue weighted by atomic mass is 10.0. The molecule has 172 valence electrons. The number of aromatic nitrogens is 2. The van der Waals surface area contributed by atoms with E-state index < -0.39 is 0 Å². The van der Waals surface area contributed by atoms with Crippen molar-refractivity contribution < 1.29 is 9.21 Å². The van der Waals surface area contributed by atoms with Gasteiger partial charge in [-0.15, -0.1) is 0 Å². The Hall–Kier alpha value is -3.31. The van der Waals surface area contributed by atoms with Crippen molar-refractivity contribution in [2.45, 2.75) is 47.6 Å². The highest BCUT2D eigenvalue weighted by molar-refractivity contribution is 6.32. The summed E-state index contributed by atoms with van der Waals surface area (Å²) in [4.78, 5) is 10.2. The van der Waals surface area contributed by atoms with E-state index in [1.807, 2.05) is 101 Å². The monoisotopic (exact) mass is 463 g/mol. The van der Waals surface area contributed by atoms with Crippen LogP contribution in [0.1, 0.15) is 46.7 Å². The Morgan fingerprint density at radius 2 is 1.76 bits per heavy atom. The molecule has 0 aliphatic carbocycles. The van der Waals surface area contributed by atoms with E-state index in [-0.39, 0.29) is 6.04 Å². The number of amides is 1. The minimum Gasteiger partial charge on any atom is -0.460 e. The molecule has 4 rings (SSSR count). The van der Waals surface area contributed by atoms with Crippen molar-refractivity contribution >= 4 is 18.0 Å². The highest BCUT2D eigenvalue weighted by Gasteiger charge is 2.19. The van der Waals surface area contributed by atoms with Crippen LogP contribution in [0, 0.1) is 34.6 Å². The largest absolute Gasteiger partial charge is 0.460 e. The summed E-state index contributed by atoms with van der Waals surface area (Å²) in [6, 6.07) is 18.0. The van der Waals surface area contributed by atoms with Gasteiger partial charge < -0.3 is 9.73 Å². The molecule has 4 aromatic rings. The molecule has 0 radical (unpaired) electrons. The average Bonchev–Trinajstić information content (AvgIpc) is 3.31. The van der Waals surface area contributed by atoms with Crippen LogP contribution in [-0.4, -0.2) is 16.2 Å². The van der Waals surface area contributed by atoms with Crippen LogP contribution in [0.3, 0.4) is 0 Å². The van der Waals surface area contributed by atoms with Gasteiger partial charge in [-0.3, -0.25) is 4.79 Å². The second kappa shape index (κ2) is 10.5. The summed E-state index contributed by atoms with van der Waals surface area (Å²) in [5, 5.41) is 8.03. The SMILES string of the molecule is Cc1ccc(-n2nc(C)c(C)c2-c2ccc(C)o2)c(Cl)c1.Cc1ccccc1[C@H](C)NC=O. The van der Waals surface area contributed by atoms with Gasteiger partial charge in [0, 0.05) is 5.56 Å². The number of carbonyl (C=O) groups excluding carboxylic acids is 1. The van der Waals surface area contributed by atoms with E-state index in [1.54, 1.807) is 0 Å². The van der Waals surface area contributed by atoms with Crippen LogP contribution in [-0.2, 0) is 4.79 Å². The van der Waals surface area contributed by atoms with Gasteiger partial charge in [0.05, 0.1) is 22.4 Å². The third-order valence-electron chi connectivity index (χ3n) is 5.64. The van der Waals surface area contributed by atoms with Crippen LogP contribution in [0.2, 0.25) is 5.02 Å². The van der Waals surface area contributed by atoms with Crippen molar-refractivity contribution in [3.8, 4) is 17.1 Å². The predicted octanol–water partition coefficient (Wildman–Crippen LogP) is 6.82. The van der Waals surface area contributed by atoms with Crippen molar-refractivity contribution in [2.24, 2.45) is 0 Å². The minimum atomic E-state index is 0.101. The van der Waals surface area contributed by atoms with E-state index in [9.17, 15) is 4.79 Å². The van der Waals surface area contributed by atoms with Crippen LogP contribution in [0.15, 0.2) is 59.0 Å². The van der Waals surface area contributed by atoms with Gasteiger partial charge in [-0.05, 0) is 82.5 Å². The van der Waals surface area contributed by atoms with Gasteiger partial charge in [0.15, 0.2) is 5.76 Å². The zero-order chi connectivity index (χ0) is 24.1. The highest BCUT2D eigenvalue weighted by atomic mass is 35.5. The molecule has 1 N–H and O–H groups in total. The molecule has 2 aromatic carbocycles. The number of nitrogens with one attached hydrogen (secondary N) is 1. The van der Waals surface area contributed by atoms with E-state index in [4.69, 9.17) is 16.0 Å². The summed E-state index contributed by atoms with van der Waals surface area (Å²) in [5.74, 6) is 1.69. The fourth-order valence-corrected chi connectivity index (χ4v) is 3.99. The molecule has 6 heteroatoms. The van der Waals surface area contributed by atoms with Crippen molar-refractivity contribution in [1.29, 1.82) is 0 Å². The average molecular weight is 464 g/mol. The Morgan fingerprint density at radius 1 is 1.03 bits per heavy atom. The van der Waals surface area contributed by atoms with Crippen molar-refractivity contribution in [2.75, 3.05) is 0 Å². The molecule has 5 nitrogen and oxygen atoms in total. The minimum absolute atomic E-state index is 0.101. The zero-order valence-electron chi connectivity index (χ0n) is 19.9. The summed E-state index contributed by atoms with van der Waals surface area (Å²) >= 11 is 6.40. The van der Waals surface area contributed by atoms with Gasteiger partial charge >= 0.3 is 0 Å². The van der Waals surface area contributed by atoms with Gasteiger partial charge in [0.1, 0.15) is 11.5 Å². The number of halogens is 1. The maximum absolute atomic E-state index is 10.2. The molecule has 2 aromatic heterocycles. The molecule has 0 saturated heterocycles. The summed E-state index contributed by atoms with van der Waals surface area (Å²) in [6.45, 7) is 12.0. The van der Waals surface area contributed by atoms with E-state index in [0.29, 0.717) is 5.02 Å². The maximum Gasteiger partial charge on any atom is 0.207 e. The second-order valence-electron chi connectivity index (χ2n) is 8.20. The first-order valence-corrected chi connectivity index (χ1v) is 11.3. The van der Waals surface area contributed by atoms with Crippen LogP contribution >= 0.6 is 11.6 Å². The Balaban J connectivity index is 0.000000218. The Kier molecular flexibility index (Phi) is 7.77. The fourth-order valence-electron chi connectivity index (χ4n) is 3.68. The molecule has 33 heavy (non-hydrogen) atoms. The molecule has 0 spiro atoms. The first-order chi connectivity index (χ1) is 15.7. The molecule has 0 saturated carbocycles. The third-order valence-corrected chi connectivity index (χ3v) is 5.94. The molecule has 0 fully saturated rings. The number of benzene rings is 2. The molecule has 2 heterocycles. The second-order valence-corrected chi connectivity index (χ2v) is 8.61. The smallest absolute Gasteiger partial charge is 0.207 e. The highest BCUT2D eigenvalue weighted by Crippen LogP contribution is 2.32. The number of hydrogen-bond donors (Lipinski definition) is 1. The number of furan rings is 1. The van der Waals surface area contributed by atoms with Crippen LogP contribution < -0.4 is 5.32 Å². The number of nitrogens with zero attached hydrogens (tertiary/aromatic N) is 2. The lowest BCUT2D eigenvalue weighted by Crippen LogP contribution is -2.16. The summed E-state index contributed by atoms with van der Waals surface area (Å²) < 4.78 is 7.65. The van der Waals surface area contributed by atoms with E-state index in [0.717, 1.165) is 46.1 Å². The molecular formula is C27H30ClN3O2. The van der Waals surface area contributed by atoms with Crippen LogP contribution in [0.4, 0.5) is 0 Å². The topological polar surface area (TPSA) is 60.1 Å². The lowest BCUT2D eigenvalue weighted by Gasteiger charge is -2.12. The van der Waals surface area contributed by atoms with Crippen molar-refractivity contribution in [3.63, 3.8) is 0 Å². The Bertz CT molecular complexity index is 1260. The molecule has 1 atom stereocenters. The Morgan fingerprint density at radius 3 is 2.36 bits per heavy atom. The first kappa shape index (κ1) is 24.3. The van der Waals surface area contributed by atoms with Crippen LogP contribution in [0.25, 0.3) is 17.1 Å². The van der Waals surface area contributed by atoms with Gasteiger partial charge in [-0.1, -0.05) is 41.9 Å². The van der Waals surface area contributed by atoms with Gasteiger partial charge in [-0.2, -0.15) is 5.10 Å². The predicted molar refractivity (Wildman–Crippen MR) is 134 cm³/mol. The number of hydrogen-bond acceptors (Lipinski definition) is 3. The van der Waals surface area contributed by atoms with Crippen molar-refractivity contribution in [3.05, 3.63) is 93.3 Å². The van der Waals surface area contributed by atoms with E-state index >= 15 is 0 Å². The lowest BCUT2D eigenvalue weighted by molar-refractivity contribution is -0.110. The van der Waals surface area contributed by atoms with Gasteiger partial charge in [0.2, 0.25) is 6.41 Å². The first-order valence-electron chi connectivity index (χ1n) is 10.9. The maximum atomic E-state index is 10.2. The standard InChI is InChI=1S/C17H17ClN2O.C10H13NO/c1-10-5-7-15(14(18)9-10)20-17(12(3)13(4)19-20)16-8-6-11(2)21-16;1-8-5-3-4-6-10(8)9(2)11-7-12/h5-9H,1-4H3;3-7,9H,1-2H3,(H,11,12)/t;9-/m.0/s1. The molecule has 0 bridgehead atoms. The number of rotatable bonds is 5. The van der Waals surface area contributed by atoms with Crippen molar-refractivity contribution in [1.82, 2.24) is 15.1 Å². The number of carbonyl (C=O) groups is 1. The Labute approximate surface area is 200 Å². The van der Waals surface area contributed by atoms with Crippen LogP contribution in [0.5, 0.6) is 0 Å². The molecule has 0 aliphatic heterocycles. The summed E-state index contributed by atoms with van der Waals surface area (Å²) in [5.41, 5.74) is 7.38. The quantitative estimate of drug-likeness (QED) is 0.330. The number of aryl methyl sites for hydroxylation is 4. The molecule has 1 amide bonds. The van der Waals surface area contributed by atoms with Gasteiger partial charge in [-0.25, -0.2) is 4.68 Å². The third kappa shape index (κ3) is 5.55.